The van der Waals surface area contributed by atoms with E-state index in [1.807, 2.05) is 18.2 Å². The van der Waals surface area contributed by atoms with E-state index in [1.165, 1.54) is 0 Å². The third-order valence-corrected chi connectivity index (χ3v) is 10.2. The van der Waals surface area contributed by atoms with Gasteiger partial charge in [0, 0.05) is 36.3 Å². The van der Waals surface area contributed by atoms with Crippen molar-refractivity contribution in [2.75, 3.05) is 26.7 Å². The number of ether oxygens (including phenoxy) is 1. The van der Waals surface area contributed by atoms with Crippen LogP contribution in [0.2, 0.25) is 0 Å². The van der Waals surface area contributed by atoms with Gasteiger partial charge >= 0.3 is 0 Å². The Kier molecular flexibility index (Phi) is 4.75. The van der Waals surface area contributed by atoms with E-state index in [0.29, 0.717) is 46.5 Å². The molecule has 0 bridgehead atoms. The molecule has 0 spiro atoms. The molecule has 7 nitrogen and oxygen atoms in total. The maximum atomic E-state index is 13.2. The number of hydrogen-bond acceptors (Lipinski definition) is 6. The predicted octanol–water partition coefficient (Wildman–Crippen LogP) is 3.71. The van der Waals surface area contributed by atoms with Gasteiger partial charge < -0.3 is 14.8 Å². The smallest absolute Gasteiger partial charge is 0.181 e. The van der Waals surface area contributed by atoms with Gasteiger partial charge in [-0.05, 0) is 74.5 Å². The first-order valence-electron chi connectivity index (χ1n) is 11.7. The van der Waals surface area contributed by atoms with Gasteiger partial charge in [-0.1, -0.05) is 6.42 Å². The minimum absolute atomic E-state index is 0.294. The van der Waals surface area contributed by atoms with Gasteiger partial charge in [0.15, 0.2) is 15.7 Å². The number of piperidine rings is 1. The third-order valence-electron chi connectivity index (χ3n) is 7.90. The second-order valence-electron chi connectivity index (χ2n) is 9.97. The van der Waals surface area contributed by atoms with Gasteiger partial charge in [0.1, 0.15) is 5.75 Å². The first-order valence-corrected chi connectivity index (χ1v) is 13.2. The zero-order valence-electron chi connectivity index (χ0n) is 18.9. The number of fused-ring (bicyclic) bond motifs is 2. The Morgan fingerprint density at radius 1 is 1.09 bits per heavy atom. The van der Waals surface area contributed by atoms with Gasteiger partial charge in [-0.2, -0.15) is 4.73 Å². The summed E-state index contributed by atoms with van der Waals surface area (Å²) in [6.45, 7) is 4.69. The molecule has 3 heterocycles. The normalized spacial score (nSPS) is 25.2. The van der Waals surface area contributed by atoms with Crippen LogP contribution in [0.5, 0.6) is 5.75 Å². The summed E-state index contributed by atoms with van der Waals surface area (Å²) in [6, 6.07) is 8.97. The van der Waals surface area contributed by atoms with E-state index in [-0.39, 0.29) is 5.25 Å². The molecule has 174 valence electrons. The van der Waals surface area contributed by atoms with E-state index in [4.69, 9.17) is 4.74 Å². The molecule has 1 N–H and O–H groups in total. The van der Waals surface area contributed by atoms with Crippen LogP contribution in [0, 0.1) is 24.7 Å². The summed E-state index contributed by atoms with van der Waals surface area (Å²) in [7, 11) is -1.22. The summed E-state index contributed by atoms with van der Waals surface area (Å²) < 4.78 is 33.8. The Bertz CT molecular complexity index is 1280. The number of likely N-dealkylation sites (tertiary alicyclic amines) is 1. The first-order chi connectivity index (χ1) is 15.8. The van der Waals surface area contributed by atoms with Crippen molar-refractivity contribution in [1.29, 1.82) is 0 Å². The average molecular weight is 468 g/mol. The van der Waals surface area contributed by atoms with Gasteiger partial charge in [-0.3, -0.25) is 0 Å². The molecule has 2 atom stereocenters. The Hall–Kier alpha value is -2.58. The van der Waals surface area contributed by atoms with E-state index in [0.717, 1.165) is 53.8 Å². The Morgan fingerprint density at radius 2 is 1.85 bits per heavy atom. The molecule has 33 heavy (non-hydrogen) atoms. The molecule has 6 rings (SSSR count). The van der Waals surface area contributed by atoms with E-state index in [9.17, 15) is 13.6 Å². The van der Waals surface area contributed by atoms with Crippen LogP contribution in [0.3, 0.4) is 0 Å². The van der Waals surface area contributed by atoms with Crippen LogP contribution in [0.15, 0.2) is 41.4 Å². The van der Waals surface area contributed by atoms with Gasteiger partial charge in [0.25, 0.3) is 0 Å². The van der Waals surface area contributed by atoms with Crippen LogP contribution in [-0.4, -0.2) is 60.2 Å². The summed E-state index contributed by atoms with van der Waals surface area (Å²) in [4.78, 5) is 7.00. The van der Waals surface area contributed by atoms with Crippen molar-refractivity contribution in [3.63, 3.8) is 0 Å². The van der Waals surface area contributed by atoms with Gasteiger partial charge in [-0.25, -0.2) is 13.4 Å². The lowest BCUT2D eigenvalue weighted by atomic mass is 9.98. The Balaban J connectivity index is 1.40. The van der Waals surface area contributed by atoms with Crippen LogP contribution in [0.25, 0.3) is 22.5 Å². The zero-order valence-corrected chi connectivity index (χ0v) is 19.8. The van der Waals surface area contributed by atoms with Crippen LogP contribution < -0.4 is 4.74 Å². The molecule has 2 aliphatic carbocycles. The molecule has 0 radical (unpaired) electrons. The molecule has 3 aliphatic heterocycles. The quantitative estimate of drug-likeness (QED) is 0.557. The number of aryl methyl sites for hydroxylation is 1. The summed E-state index contributed by atoms with van der Waals surface area (Å²) >= 11 is 0. The maximum absolute atomic E-state index is 13.2. The molecule has 2 unspecified atom stereocenters. The van der Waals surface area contributed by atoms with Crippen molar-refractivity contribution in [2.45, 2.75) is 36.3 Å². The van der Waals surface area contributed by atoms with E-state index >= 15 is 0 Å². The number of benzene rings is 1. The van der Waals surface area contributed by atoms with Crippen LogP contribution >= 0.6 is 0 Å². The van der Waals surface area contributed by atoms with E-state index < -0.39 is 9.84 Å². The van der Waals surface area contributed by atoms with Gasteiger partial charge in [-0.15, -0.1) is 0 Å². The van der Waals surface area contributed by atoms with Gasteiger partial charge in [0.2, 0.25) is 0 Å². The van der Waals surface area contributed by atoms with Crippen LogP contribution in [-0.2, 0) is 9.84 Å². The van der Waals surface area contributed by atoms with Crippen LogP contribution in [0.1, 0.15) is 25.0 Å². The summed E-state index contributed by atoms with van der Waals surface area (Å²) in [5.41, 5.74) is 2.94. The molecule has 5 aliphatic rings. The SMILES string of the molecule is Cc1cc(-c2cc(S(=O)(=O)C3CCC3)ccc2OCC2C3CN(C)CC23)c2ccnc-2n1O. The minimum Gasteiger partial charge on any atom is -0.493 e. The second kappa shape index (κ2) is 7.46. The number of nitrogens with zero attached hydrogens (tertiary/aromatic N) is 3. The largest absolute Gasteiger partial charge is 0.493 e. The molecule has 1 aromatic rings. The van der Waals surface area contributed by atoms with Crippen molar-refractivity contribution in [1.82, 2.24) is 14.6 Å². The van der Waals surface area contributed by atoms with Crippen molar-refractivity contribution in [3.05, 3.63) is 42.2 Å². The van der Waals surface area contributed by atoms with E-state index in [2.05, 4.69) is 16.9 Å². The number of aromatic nitrogens is 2. The third kappa shape index (κ3) is 3.34. The van der Waals surface area contributed by atoms with Crippen molar-refractivity contribution in [2.24, 2.45) is 17.8 Å². The zero-order chi connectivity index (χ0) is 22.9. The highest BCUT2D eigenvalue weighted by Crippen LogP contribution is 2.51. The molecule has 3 fully saturated rings. The molecule has 0 aromatic heterocycles. The lowest BCUT2D eigenvalue weighted by Gasteiger charge is -2.26. The van der Waals surface area contributed by atoms with Crippen molar-refractivity contribution in [3.8, 4) is 28.3 Å². The molecule has 0 amide bonds. The van der Waals surface area contributed by atoms with Crippen molar-refractivity contribution < 1.29 is 18.4 Å². The molecule has 2 saturated carbocycles. The standard InChI is InChI=1S/C25H29N3O4S/c1-15-10-19(18-8-9-26-25(18)28(15)29)20-11-17(33(30,31)16-4-3-5-16)6-7-24(20)32-14-23-21-12-27(2)13-22(21)23/h6-11,16,21-23,29H,3-5,12-14H2,1-2H3. The number of pyridine rings is 1. The first kappa shape index (κ1) is 21.0. The fraction of sp³-hybridized carbons (Fsp3) is 0.480. The minimum atomic E-state index is -3.38. The molecule has 1 saturated heterocycles. The summed E-state index contributed by atoms with van der Waals surface area (Å²) in [5, 5.41) is 10.1. The van der Waals surface area contributed by atoms with E-state index in [1.54, 1.807) is 25.3 Å². The fourth-order valence-corrected chi connectivity index (χ4v) is 7.51. The highest BCUT2D eigenvalue weighted by molar-refractivity contribution is 7.92. The number of hydrogen-bond donors (Lipinski definition) is 1. The Labute approximate surface area is 194 Å². The van der Waals surface area contributed by atoms with Crippen molar-refractivity contribution >= 4 is 9.84 Å². The monoisotopic (exact) mass is 467 g/mol. The maximum Gasteiger partial charge on any atom is 0.181 e. The highest BCUT2D eigenvalue weighted by atomic mass is 32.2. The highest BCUT2D eigenvalue weighted by Gasteiger charge is 2.55. The number of rotatable bonds is 6. The number of sulfone groups is 1. The lowest BCUT2D eigenvalue weighted by Crippen LogP contribution is -2.28. The topological polar surface area (TPSA) is 84.7 Å². The predicted molar refractivity (Wildman–Crippen MR) is 124 cm³/mol. The summed E-state index contributed by atoms with van der Waals surface area (Å²) in [6.07, 6.45) is 4.06. The van der Waals surface area contributed by atoms with Crippen LogP contribution in [0.4, 0.5) is 0 Å². The second-order valence-corrected chi connectivity index (χ2v) is 12.2. The molecular weight excluding hydrogens is 438 g/mol. The summed E-state index contributed by atoms with van der Waals surface area (Å²) in [5.74, 6) is 3.09. The van der Waals surface area contributed by atoms with Gasteiger partial charge in [0.05, 0.1) is 22.4 Å². The Morgan fingerprint density at radius 3 is 2.55 bits per heavy atom. The molecular formula is C25H29N3O4S. The fourth-order valence-electron chi connectivity index (χ4n) is 5.63. The average Bonchev–Trinajstić information content (AvgIpc) is 3.10. The lowest BCUT2D eigenvalue weighted by molar-refractivity contribution is 0.180. The molecule has 1 aromatic carbocycles. The molecule has 8 heteroatoms.